The molecule has 13 nitrogen and oxygen atoms in total. The van der Waals surface area contributed by atoms with Crippen LogP contribution in [-0.2, 0) is 33.1 Å². The summed E-state index contributed by atoms with van der Waals surface area (Å²) >= 11 is 11.8. The van der Waals surface area contributed by atoms with Crippen molar-refractivity contribution in [1.29, 1.82) is 0 Å². The minimum atomic E-state index is -1.81. The average molecular weight is 1010 g/mol. The summed E-state index contributed by atoms with van der Waals surface area (Å²) in [5.41, 5.74) is 0.0947. The minimum Gasteiger partial charge on any atom is -0.505 e. The van der Waals surface area contributed by atoms with Crippen LogP contribution in [0, 0.1) is 0 Å². The topological polar surface area (TPSA) is 156 Å². The molecule has 2 heterocycles. The highest BCUT2D eigenvalue weighted by Gasteiger charge is 2.38. The Morgan fingerprint density at radius 2 is 0.985 bits per heavy atom. The van der Waals surface area contributed by atoms with Crippen molar-refractivity contribution >= 4 is 39.8 Å². The summed E-state index contributed by atoms with van der Waals surface area (Å²) in [5.74, 6) is 1.61. The monoisotopic (exact) mass is 1010 g/mol. The highest BCUT2D eigenvalue weighted by atomic mass is 35.5. The molecule has 0 aliphatic rings. The lowest BCUT2D eigenvalue weighted by Crippen LogP contribution is -2.43. The molecule has 2 N–H and O–H groups in total. The van der Waals surface area contributed by atoms with Crippen molar-refractivity contribution in [3.8, 4) is 23.0 Å². The maximum absolute atomic E-state index is 12.5. The Labute approximate surface area is 412 Å². The van der Waals surface area contributed by atoms with Gasteiger partial charge in [0.15, 0.2) is 38.2 Å². The van der Waals surface area contributed by atoms with Gasteiger partial charge in [-0.1, -0.05) is 103 Å². The van der Waals surface area contributed by atoms with E-state index < -0.39 is 33.3 Å². The van der Waals surface area contributed by atoms with E-state index in [9.17, 15) is 9.59 Å². The van der Waals surface area contributed by atoms with Gasteiger partial charge in [-0.25, -0.2) is 9.36 Å². The Kier molecular flexibility index (Phi) is 21.9. The maximum atomic E-state index is 12.5. The SMILES string of the molecule is CC(C)(C)n1ncc(O)c(Cl)c1=O.CCC(CO[Si](C)(C)C(C)(C)C)Oc1ccc(CO)cc1.CCC(CO[Si](C)(C)C(C)(C)C)Oc1ccc(COc2cnn(C(C)(C)C)c(=O)c2Cl)cc1. The third-order valence-corrected chi connectivity index (χ3v) is 21.6. The summed E-state index contributed by atoms with van der Waals surface area (Å²) in [6.45, 7) is 39.4. The average Bonchev–Trinajstić information content (AvgIpc) is 3.23. The van der Waals surface area contributed by atoms with Crippen LogP contribution in [0.15, 0.2) is 70.5 Å². The zero-order chi connectivity index (χ0) is 51.3. The second-order valence-electron chi connectivity index (χ2n) is 21.6. The molecule has 4 aromatic rings. The van der Waals surface area contributed by atoms with Crippen LogP contribution in [0.5, 0.6) is 23.0 Å². The van der Waals surface area contributed by atoms with Crippen LogP contribution in [0.25, 0.3) is 0 Å². The van der Waals surface area contributed by atoms with Crippen molar-refractivity contribution in [2.24, 2.45) is 0 Å². The number of aromatic nitrogens is 4. The molecule has 376 valence electrons. The number of nitrogens with zero attached hydrogens (tertiary/aromatic N) is 4. The van der Waals surface area contributed by atoms with Gasteiger partial charge in [0.1, 0.15) is 30.3 Å². The van der Waals surface area contributed by atoms with Crippen LogP contribution in [0.4, 0.5) is 0 Å². The van der Waals surface area contributed by atoms with Gasteiger partial charge in [0, 0.05) is 0 Å². The largest absolute Gasteiger partial charge is 0.505 e. The molecule has 2 aromatic heterocycles. The van der Waals surface area contributed by atoms with Crippen molar-refractivity contribution in [3.63, 3.8) is 0 Å². The predicted molar refractivity (Wildman–Crippen MR) is 278 cm³/mol. The van der Waals surface area contributed by atoms with Gasteiger partial charge in [0.05, 0.1) is 43.3 Å². The number of aliphatic hydroxyl groups is 1. The fraction of sp³-hybridized carbons (Fsp3) is 0.600. The molecule has 17 heteroatoms. The first kappa shape index (κ1) is 59.4. The highest BCUT2D eigenvalue weighted by Crippen LogP contribution is 2.38. The summed E-state index contributed by atoms with van der Waals surface area (Å²) in [7, 11) is -3.54. The summed E-state index contributed by atoms with van der Waals surface area (Å²) < 4.78 is 33.0. The fourth-order valence-electron chi connectivity index (χ4n) is 5.29. The van der Waals surface area contributed by atoms with Gasteiger partial charge in [-0.15, -0.1) is 0 Å². The zero-order valence-electron chi connectivity index (χ0n) is 43.5. The lowest BCUT2D eigenvalue weighted by Gasteiger charge is -2.37. The molecule has 0 saturated carbocycles. The summed E-state index contributed by atoms with van der Waals surface area (Å²) in [6.07, 6.45) is 4.50. The molecule has 2 aromatic carbocycles. The van der Waals surface area contributed by atoms with E-state index in [0.717, 1.165) is 41.7 Å². The summed E-state index contributed by atoms with van der Waals surface area (Å²) in [5, 5.41) is 26.3. The normalized spacial score (nSPS) is 13.4. The molecule has 0 radical (unpaired) electrons. The van der Waals surface area contributed by atoms with Gasteiger partial charge >= 0.3 is 0 Å². The minimum absolute atomic E-state index is 0.000382. The third-order valence-electron chi connectivity index (χ3n) is 11.9. The predicted octanol–water partition coefficient (Wildman–Crippen LogP) is 12.1. The molecule has 0 amide bonds. The van der Waals surface area contributed by atoms with E-state index in [-0.39, 0.29) is 62.6 Å². The molecule has 0 aliphatic heterocycles. The Hall–Kier alpha value is -3.71. The number of hydrogen-bond acceptors (Lipinski definition) is 11. The number of halogens is 2. The molecule has 0 saturated heterocycles. The number of ether oxygens (including phenoxy) is 3. The van der Waals surface area contributed by atoms with Gasteiger partial charge in [0.25, 0.3) is 11.1 Å². The van der Waals surface area contributed by atoms with E-state index in [2.05, 4.69) is 91.8 Å². The van der Waals surface area contributed by atoms with E-state index in [1.807, 2.05) is 90.1 Å². The molecule has 0 aliphatic carbocycles. The standard InChI is InChI=1S/C25H39ClN2O4Si.C17H30O3Si.C8H11ClN2O2/c1-10-19(17-31-33(8,9)25(5,6)7)32-20-13-11-18(12-14-20)16-30-21-15-27-28(24(2,3)4)23(29)22(21)26;1-7-15(13-19-21(5,6)17(2,3)4)20-16-10-8-14(12-18)9-11-16;1-8(2,3)11-7(13)6(9)5(12)4-10-11/h11-15,19H,10,16-17H2,1-9H3;8-11,15,18H,7,12-13H2,1-6H3;4,12H,1-3H3. The third kappa shape index (κ3) is 18.3. The van der Waals surface area contributed by atoms with Crippen LogP contribution in [-0.4, -0.2) is 71.8 Å². The first-order valence-electron chi connectivity index (χ1n) is 23.0. The van der Waals surface area contributed by atoms with E-state index in [1.165, 1.54) is 15.6 Å². The Morgan fingerprint density at radius 3 is 1.34 bits per heavy atom. The quantitative estimate of drug-likeness (QED) is 0.103. The van der Waals surface area contributed by atoms with Gasteiger partial charge in [0.2, 0.25) is 0 Å². The molecular formula is C50H80Cl2N4O9Si2. The van der Waals surface area contributed by atoms with Gasteiger partial charge in [-0.2, -0.15) is 10.2 Å². The van der Waals surface area contributed by atoms with Crippen molar-refractivity contribution in [3.05, 3.63) is 103 Å². The number of aromatic hydroxyl groups is 1. The van der Waals surface area contributed by atoms with E-state index in [0.29, 0.717) is 13.2 Å². The fourth-order valence-corrected chi connectivity index (χ4v) is 7.67. The second kappa shape index (κ2) is 24.7. The van der Waals surface area contributed by atoms with Gasteiger partial charge in [-0.3, -0.25) is 9.59 Å². The van der Waals surface area contributed by atoms with Crippen LogP contribution >= 0.6 is 23.2 Å². The van der Waals surface area contributed by atoms with Gasteiger partial charge in [-0.05, 0) is 126 Å². The number of benzene rings is 2. The number of rotatable bonds is 16. The Bertz CT molecular complexity index is 2260. The molecule has 2 unspecified atom stereocenters. The Morgan fingerprint density at radius 1 is 0.612 bits per heavy atom. The molecule has 4 rings (SSSR count). The van der Waals surface area contributed by atoms with Crippen molar-refractivity contribution < 1.29 is 33.3 Å². The molecule has 0 fully saturated rings. The molecule has 0 bridgehead atoms. The summed E-state index contributed by atoms with van der Waals surface area (Å²) in [4.78, 5) is 23.9. The van der Waals surface area contributed by atoms with Crippen LogP contribution in [0.1, 0.15) is 121 Å². The van der Waals surface area contributed by atoms with E-state index >= 15 is 0 Å². The number of aliphatic hydroxyl groups excluding tert-OH is 1. The summed E-state index contributed by atoms with van der Waals surface area (Å²) in [6, 6.07) is 15.3. The van der Waals surface area contributed by atoms with Crippen LogP contribution < -0.4 is 25.3 Å². The van der Waals surface area contributed by atoms with E-state index in [4.69, 9.17) is 56.5 Å². The lowest BCUT2D eigenvalue weighted by atomic mass is 10.1. The van der Waals surface area contributed by atoms with Crippen molar-refractivity contribution in [1.82, 2.24) is 19.6 Å². The first-order chi connectivity index (χ1) is 30.7. The molecule has 67 heavy (non-hydrogen) atoms. The maximum Gasteiger partial charge on any atom is 0.289 e. The molecule has 2 atom stereocenters. The van der Waals surface area contributed by atoms with Crippen molar-refractivity contribution in [2.45, 2.75) is 183 Å². The molecular weight excluding hydrogens is 928 g/mol. The van der Waals surface area contributed by atoms with Crippen LogP contribution in [0.3, 0.4) is 0 Å². The lowest BCUT2D eigenvalue weighted by molar-refractivity contribution is 0.117. The number of hydrogen-bond donors (Lipinski definition) is 2. The first-order valence-corrected chi connectivity index (χ1v) is 29.5. The van der Waals surface area contributed by atoms with Crippen LogP contribution in [0.2, 0.25) is 46.3 Å². The highest BCUT2D eigenvalue weighted by molar-refractivity contribution is 6.74. The van der Waals surface area contributed by atoms with E-state index in [1.54, 1.807) is 0 Å². The Balaban J connectivity index is 0.000000385. The van der Waals surface area contributed by atoms with Crippen molar-refractivity contribution in [2.75, 3.05) is 13.2 Å². The molecule has 0 spiro atoms. The second-order valence-corrected chi connectivity index (χ2v) is 32.0. The van der Waals surface area contributed by atoms with Gasteiger partial charge < -0.3 is 33.3 Å². The zero-order valence-corrected chi connectivity index (χ0v) is 47.0. The smallest absolute Gasteiger partial charge is 0.289 e.